The molecule has 1 aliphatic rings. The molecule has 5 nitrogen and oxygen atoms in total. The summed E-state index contributed by atoms with van der Waals surface area (Å²) in [5.41, 5.74) is 0.669. The lowest BCUT2D eigenvalue weighted by Crippen LogP contribution is -2.46. The lowest BCUT2D eigenvalue weighted by molar-refractivity contribution is -0.141. The standard InChI is InChI=1S/C13H12I3NO4/c14-7-3-9(12(16)10(15)4-7)13(20)17-1-2-21-8(6-17)5-11(18)19/h3-4,8H,1-2,5-6H2,(H,18,19). The van der Waals surface area contributed by atoms with Crippen LogP contribution in [0.3, 0.4) is 0 Å². The van der Waals surface area contributed by atoms with Crippen LogP contribution in [0.1, 0.15) is 16.8 Å². The van der Waals surface area contributed by atoms with Crippen LogP contribution in [0, 0.1) is 10.7 Å². The third kappa shape index (κ3) is 4.64. The van der Waals surface area contributed by atoms with Gasteiger partial charge in [-0.15, -0.1) is 0 Å². The Kier molecular flexibility index (Phi) is 6.50. The maximum atomic E-state index is 12.7. The minimum absolute atomic E-state index is 0.0606. The van der Waals surface area contributed by atoms with Crippen LogP contribution in [0.2, 0.25) is 0 Å². The van der Waals surface area contributed by atoms with Crippen LogP contribution >= 0.6 is 67.8 Å². The number of aliphatic carboxylic acids is 1. The first-order valence-electron chi connectivity index (χ1n) is 6.15. The minimum Gasteiger partial charge on any atom is -0.481 e. The maximum Gasteiger partial charge on any atom is 0.306 e. The normalized spacial score (nSPS) is 18.6. The fourth-order valence-electron chi connectivity index (χ4n) is 2.10. The number of carboxylic acids is 1. The molecule has 0 spiro atoms. The third-order valence-corrected chi connectivity index (χ3v) is 6.72. The molecule has 0 bridgehead atoms. The molecule has 2 rings (SSSR count). The van der Waals surface area contributed by atoms with E-state index in [1.54, 1.807) is 4.90 Å². The van der Waals surface area contributed by atoms with Gasteiger partial charge in [0.25, 0.3) is 5.91 Å². The molecule has 1 heterocycles. The number of carbonyl (C=O) groups is 2. The van der Waals surface area contributed by atoms with E-state index in [1.165, 1.54) is 0 Å². The Morgan fingerprint density at radius 3 is 2.71 bits per heavy atom. The highest BCUT2D eigenvalue weighted by Crippen LogP contribution is 2.24. The molecule has 0 radical (unpaired) electrons. The number of ether oxygens (including phenoxy) is 1. The van der Waals surface area contributed by atoms with Crippen molar-refractivity contribution in [3.63, 3.8) is 0 Å². The molecule has 1 saturated heterocycles. The Balaban J connectivity index is 2.18. The molecule has 1 fully saturated rings. The van der Waals surface area contributed by atoms with E-state index in [1.807, 2.05) is 12.1 Å². The summed E-state index contributed by atoms with van der Waals surface area (Å²) in [6.45, 7) is 1.19. The van der Waals surface area contributed by atoms with Crippen molar-refractivity contribution in [3.8, 4) is 0 Å². The van der Waals surface area contributed by atoms with Gasteiger partial charge in [0, 0.05) is 23.8 Å². The number of halogens is 3. The summed E-state index contributed by atoms with van der Waals surface area (Å²) in [7, 11) is 0. The Hall–Kier alpha value is 0.310. The van der Waals surface area contributed by atoms with Gasteiger partial charge in [-0.05, 0) is 79.9 Å². The number of nitrogens with zero attached hydrogens (tertiary/aromatic N) is 1. The van der Waals surface area contributed by atoms with E-state index >= 15 is 0 Å². The van der Waals surface area contributed by atoms with E-state index in [9.17, 15) is 9.59 Å². The van der Waals surface area contributed by atoms with Crippen molar-refractivity contribution in [2.24, 2.45) is 0 Å². The zero-order chi connectivity index (χ0) is 15.6. The van der Waals surface area contributed by atoms with Gasteiger partial charge >= 0.3 is 5.97 Å². The maximum absolute atomic E-state index is 12.7. The van der Waals surface area contributed by atoms with Gasteiger partial charge in [0.05, 0.1) is 24.7 Å². The van der Waals surface area contributed by atoms with Crippen LogP contribution in [-0.2, 0) is 9.53 Å². The Morgan fingerprint density at radius 1 is 1.33 bits per heavy atom. The Labute approximate surface area is 163 Å². The van der Waals surface area contributed by atoms with Crippen LogP contribution in [0.15, 0.2) is 12.1 Å². The molecule has 1 aliphatic heterocycles. The summed E-state index contributed by atoms with van der Waals surface area (Å²) < 4.78 is 8.38. The van der Waals surface area contributed by atoms with Crippen molar-refractivity contribution in [2.75, 3.05) is 19.7 Å². The first-order chi connectivity index (χ1) is 9.88. The first kappa shape index (κ1) is 17.7. The van der Waals surface area contributed by atoms with Crippen molar-refractivity contribution in [1.82, 2.24) is 4.90 Å². The fraction of sp³-hybridized carbons (Fsp3) is 0.385. The first-order valence-corrected chi connectivity index (χ1v) is 9.39. The summed E-state index contributed by atoms with van der Waals surface area (Å²) in [5, 5.41) is 8.84. The number of hydrogen-bond acceptors (Lipinski definition) is 3. The lowest BCUT2D eigenvalue weighted by atomic mass is 10.1. The van der Waals surface area contributed by atoms with E-state index in [4.69, 9.17) is 9.84 Å². The van der Waals surface area contributed by atoms with Crippen molar-refractivity contribution >= 4 is 79.6 Å². The summed E-state index contributed by atoms with van der Waals surface area (Å²) in [5.74, 6) is -0.970. The molecule has 1 aromatic carbocycles. The monoisotopic (exact) mass is 627 g/mol. The zero-order valence-electron chi connectivity index (χ0n) is 10.8. The van der Waals surface area contributed by atoms with E-state index < -0.39 is 12.1 Å². The van der Waals surface area contributed by atoms with Crippen molar-refractivity contribution < 1.29 is 19.4 Å². The quantitative estimate of drug-likeness (QED) is 0.414. The van der Waals surface area contributed by atoms with Crippen molar-refractivity contribution in [2.45, 2.75) is 12.5 Å². The predicted molar refractivity (Wildman–Crippen MR) is 102 cm³/mol. The highest BCUT2D eigenvalue weighted by molar-refractivity contribution is 14.1. The number of amides is 1. The molecule has 1 aromatic rings. The molecule has 114 valence electrons. The van der Waals surface area contributed by atoms with Gasteiger partial charge in [-0.25, -0.2) is 0 Å². The summed E-state index contributed by atoms with van der Waals surface area (Å²) in [4.78, 5) is 25.1. The molecule has 1 N–H and O–H groups in total. The SMILES string of the molecule is O=C(O)CC1CN(C(=O)c2cc(I)cc(I)c2I)CCO1. The number of rotatable bonds is 3. The van der Waals surface area contributed by atoms with E-state index in [2.05, 4.69) is 67.8 Å². The third-order valence-electron chi connectivity index (χ3n) is 3.05. The number of morpholine rings is 1. The van der Waals surface area contributed by atoms with Crippen LogP contribution in [0.25, 0.3) is 0 Å². The summed E-state index contributed by atoms with van der Waals surface area (Å²) >= 11 is 6.58. The van der Waals surface area contributed by atoms with Crippen molar-refractivity contribution in [3.05, 3.63) is 28.4 Å². The minimum atomic E-state index is -0.910. The number of hydrogen-bond donors (Lipinski definition) is 1. The topological polar surface area (TPSA) is 66.8 Å². The molecule has 21 heavy (non-hydrogen) atoms. The van der Waals surface area contributed by atoms with E-state index in [-0.39, 0.29) is 12.3 Å². The second kappa shape index (κ2) is 7.73. The molecular weight excluding hydrogens is 615 g/mol. The molecule has 1 atom stereocenters. The summed E-state index contributed by atoms with van der Waals surface area (Å²) in [6.07, 6.45) is -0.509. The van der Waals surface area contributed by atoms with Gasteiger partial charge < -0.3 is 14.7 Å². The Morgan fingerprint density at radius 2 is 2.05 bits per heavy atom. The van der Waals surface area contributed by atoms with E-state index in [0.29, 0.717) is 25.3 Å². The highest BCUT2D eigenvalue weighted by atomic mass is 127. The van der Waals surface area contributed by atoms with Gasteiger partial charge in [-0.1, -0.05) is 0 Å². The molecule has 0 aromatic heterocycles. The molecular formula is C13H12I3NO4. The van der Waals surface area contributed by atoms with Crippen molar-refractivity contribution in [1.29, 1.82) is 0 Å². The largest absolute Gasteiger partial charge is 0.481 e. The van der Waals surface area contributed by atoms with Gasteiger partial charge in [0.2, 0.25) is 0 Å². The molecule has 1 unspecified atom stereocenters. The smallest absolute Gasteiger partial charge is 0.306 e. The zero-order valence-corrected chi connectivity index (χ0v) is 17.3. The van der Waals surface area contributed by atoms with Crippen LogP contribution in [0.4, 0.5) is 0 Å². The fourth-order valence-corrected chi connectivity index (χ4v) is 4.49. The molecule has 1 amide bonds. The molecule has 8 heteroatoms. The van der Waals surface area contributed by atoms with Crippen LogP contribution in [0.5, 0.6) is 0 Å². The van der Waals surface area contributed by atoms with Gasteiger partial charge in [-0.3, -0.25) is 9.59 Å². The second-order valence-electron chi connectivity index (χ2n) is 4.59. The second-order valence-corrected chi connectivity index (χ2v) is 8.08. The Bertz CT molecular complexity index is 579. The highest BCUT2D eigenvalue weighted by Gasteiger charge is 2.28. The summed E-state index contributed by atoms with van der Waals surface area (Å²) in [6, 6.07) is 3.89. The molecule has 0 aliphatic carbocycles. The predicted octanol–water partition coefficient (Wildman–Crippen LogP) is 2.82. The van der Waals surface area contributed by atoms with Gasteiger partial charge in [-0.2, -0.15) is 0 Å². The van der Waals surface area contributed by atoms with Crippen LogP contribution < -0.4 is 0 Å². The average molecular weight is 627 g/mol. The number of benzene rings is 1. The lowest BCUT2D eigenvalue weighted by Gasteiger charge is -2.32. The number of carbonyl (C=O) groups excluding carboxylic acids is 1. The van der Waals surface area contributed by atoms with Gasteiger partial charge in [0.15, 0.2) is 0 Å². The van der Waals surface area contributed by atoms with E-state index in [0.717, 1.165) is 10.7 Å². The van der Waals surface area contributed by atoms with Gasteiger partial charge in [0.1, 0.15) is 0 Å². The number of carboxylic acid groups (broad SMARTS) is 1. The van der Waals surface area contributed by atoms with Crippen LogP contribution in [-0.4, -0.2) is 47.7 Å². The average Bonchev–Trinajstić information content (AvgIpc) is 2.41. The molecule has 0 saturated carbocycles.